The lowest BCUT2D eigenvalue weighted by atomic mass is 9.84. The van der Waals surface area contributed by atoms with Crippen LogP contribution in [0, 0.1) is 0 Å². The molecule has 2 aromatic rings. The highest BCUT2D eigenvalue weighted by Gasteiger charge is 2.30. The van der Waals surface area contributed by atoms with Gasteiger partial charge in [-0.2, -0.15) is 0 Å². The minimum Gasteiger partial charge on any atom is -0.479 e. The van der Waals surface area contributed by atoms with Crippen molar-refractivity contribution < 1.29 is 19.8 Å². The van der Waals surface area contributed by atoms with Gasteiger partial charge in [0.05, 0.1) is 0 Å². The van der Waals surface area contributed by atoms with Gasteiger partial charge in [-0.15, -0.1) is 0 Å². The molecule has 0 aliphatic heterocycles. The van der Waals surface area contributed by atoms with E-state index in [2.05, 4.69) is 0 Å². The standard InChI is InChI=1S/C17H17NO4/c18-16(20)13-9-5-4-8-12(13)14(15(19)17(21)22)10-11-6-2-1-3-7-11/h1-9,14-15,19H,10H2,(H2,18,20)(H,21,22)/t14-,15?/m0/s1. The summed E-state index contributed by atoms with van der Waals surface area (Å²) in [6, 6.07) is 15.7. The van der Waals surface area contributed by atoms with Gasteiger partial charge in [-0.25, -0.2) is 4.79 Å². The van der Waals surface area contributed by atoms with Crippen molar-refractivity contribution in [3.05, 3.63) is 71.3 Å². The second-order valence-electron chi connectivity index (χ2n) is 5.03. The van der Waals surface area contributed by atoms with Crippen molar-refractivity contribution in [3.63, 3.8) is 0 Å². The number of hydrogen-bond donors (Lipinski definition) is 3. The predicted molar refractivity (Wildman–Crippen MR) is 81.5 cm³/mol. The summed E-state index contributed by atoms with van der Waals surface area (Å²) >= 11 is 0. The number of rotatable bonds is 6. The predicted octanol–water partition coefficient (Wildman–Crippen LogP) is 1.56. The first-order valence-electron chi connectivity index (χ1n) is 6.84. The first-order chi connectivity index (χ1) is 10.5. The Balaban J connectivity index is 2.45. The minimum atomic E-state index is -1.62. The summed E-state index contributed by atoms with van der Waals surface area (Å²) in [5.74, 6) is -2.74. The summed E-state index contributed by atoms with van der Waals surface area (Å²) in [6.07, 6.45) is -1.33. The van der Waals surface area contributed by atoms with Crippen LogP contribution in [0.25, 0.3) is 0 Å². The second kappa shape index (κ2) is 6.87. The van der Waals surface area contributed by atoms with Crippen LogP contribution in [0.1, 0.15) is 27.4 Å². The summed E-state index contributed by atoms with van der Waals surface area (Å²) in [5.41, 5.74) is 6.89. The highest BCUT2D eigenvalue weighted by atomic mass is 16.4. The smallest absolute Gasteiger partial charge is 0.333 e. The average Bonchev–Trinajstić information content (AvgIpc) is 2.53. The first-order valence-corrected chi connectivity index (χ1v) is 6.84. The lowest BCUT2D eigenvalue weighted by Gasteiger charge is -2.22. The number of carboxylic acids is 1. The Kier molecular flexibility index (Phi) is 4.91. The number of aliphatic carboxylic acids is 1. The Morgan fingerprint density at radius 1 is 1.00 bits per heavy atom. The molecule has 4 N–H and O–H groups in total. The summed E-state index contributed by atoms with van der Waals surface area (Å²) in [7, 11) is 0. The maximum absolute atomic E-state index is 11.6. The molecule has 0 fully saturated rings. The Bertz CT molecular complexity index is 669. The molecule has 0 aromatic heterocycles. The van der Waals surface area contributed by atoms with E-state index < -0.39 is 23.9 Å². The van der Waals surface area contributed by atoms with E-state index in [1.165, 1.54) is 6.07 Å². The molecule has 114 valence electrons. The average molecular weight is 299 g/mol. The molecule has 0 bridgehead atoms. The molecule has 5 nitrogen and oxygen atoms in total. The van der Waals surface area contributed by atoms with Crippen molar-refractivity contribution in [2.24, 2.45) is 5.73 Å². The van der Waals surface area contributed by atoms with Crippen molar-refractivity contribution >= 4 is 11.9 Å². The molecule has 0 saturated heterocycles. The lowest BCUT2D eigenvalue weighted by Crippen LogP contribution is -2.31. The SMILES string of the molecule is NC(=O)c1ccccc1[C@H](Cc1ccccc1)C(O)C(=O)O. The van der Waals surface area contributed by atoms with Crippen LogP contribution in [-0.4, -0.2) is 28.2 Å². The number of nitrogens with two attached hydrogens (primary N) is 1. The monoisotopic (exact) mass is 299 g/mol. The normalized spacial score (nSPS) is 13.3. The number of hydrogen-bond acceptors (Lipinski definition) is 3. The Hall–Kier alpha value is -2.66. The van der Waals surface area contributed by atoms with E-state index in [9.17, 15) is 14.7 Å². The van der Waals surface area contributed by atoms with Crippen molar-refractivity contribution in [3.8, 4) is 0 Å². The maximum Gasteiger partial charge on any atom is 0.333 e. The molecule has 0 aliphatic carbocycles. The van der Waals surface area contributed by atoms with Gasteiger partial charge in [0.25, 0.3) is 0 Å². The number of amides is 1. The third-order valence-electron chi connectivity index (χ3n) is 3.56. The molecule has 2 aromatic carbocycles. The van der Waals surface area contributed by atoms with Crippen molar-refractivity contribution in [2.75, 3.05) is 0 Å². The zero-order chi connectivity index (χ0) is 16.1. The van der Waals surface area contributed by atoms with Crippen LogP contribution in [0.15, 0.2) is 54.6 Å². The van der Waals surface area contributed by atoms with Gasteiger partial charge in [-0.05, 0) is 23.6 Å². The molecular weight excluding hydrogens is 282 g/mol. The molecule has 0 heterocycles. The third kappa shape index (κ3) is 3.51. The first kappa shape index (κ1) is 15.7. The van der Waals surface area contributed by atoms with Crippen LogP contribution >= 0.6 is 0 Å². The van der Waals surface area contributed by atoms with Gasteiger partial charge in [0.15, 0.2) is 6.10 Å². The molecule has 0 spiro atoms. The molecule has 22 heavy (non-hydrogen) atoms. The highest BCUT2D eigenvalue weighted by molar-refractivity contribution is 5.94. The van der Waals surface area contributed by atoms with Crippen LogP contribution < -0.4 is 5.73 Å². The van der Waals surface area contributed by atoms with Gasteiger partial charge >= 0.3 is 5.97 Å². The van der Waals surface area contributed by atoms with Gasteiger partial charge in [0.1, 0.15) is 0 Å². The number of primary amides is 1. The van der Waals surface area contributed by atoms with E-state index in [4.69, 9.17) is 10.8 Å². The van der Waals surface area contributed by atoms with E-state index in [0.29, 0.717) is 12.0 Å². The van der Waals surface area contributed by atoms with Gasteiger partial charge in [0, 0.05) is 11.5 Å². The molecule has 0 aliphatic rings. The zero-order valence-electron chi connectivity index (χ0n) is 11.8. The molecule has 5 heteroatoms. The number of carbonyl (C=O) groups is 2. The lowest BCUT2D eigenvalue weighted by molar-refractivity contribution is -0.147. The summed E-state index contributed by atoms with van der Waals surface area (Å²) in [5, 5.41) is 19.2. The Morgan fingerprint density at radius 2 is 1.59 bits per heavy atom. The van der Waals surface area contributed by atoms with E-state index in [-0.39, 0.29) is 5.56 Å². The van der Waals surface area contributed by atoms with Gasteiger partial charge < -0.3 is 15.9 Å². The van der Waals surface area contributed by atoms with E-state index >= 15 is 0 Å². The van der Waals surface area contributed by atoms with Gasteiger partial charge in [-0.3, -0.25) is 4.79 Å². The number of aliphatic hydroxyl groups is 1. The largest absolute Gasteiger partial charge is 0.479 e. The fourth-order valence-electron chi connectivity index (χ4n) is 2.48. The van der Waals surface area contributed by atoms with Gasteiger partial charge in [-0.1, -0.05) is 48.5 Å². The fraction of sp³-hybridized carbons (Fsp3) is 0.176. The maximum atomic E-state index is 11.6. The molecule has 0 saturated carbocycles. The molecule has 1 amide bonds. The topological polar surface area (TPSA) is 101 Å². The van der Waals surface area contributed by atoms with Crippen LogP contribution in [0.4, 0.5) is 0 Å². The van der Waals surface area contributed by atoms with Crippen molar-refractivity contribution in [1.82, 2.24) is 0 Å². The molecule has 2 atom stereocenters. The zero-order valence-corrected chi connectivity index (χ0v) is 11.8. The molecule has 2 rings (SSSR count). The van der Waals surface area contributed by atoms with Crippen LogP contribution in [-0.2, 0) is 11.2 Å². The van der Waals surface area contributed by atoms with Crippen LogP contribution in [0.3, 0.4) is 0 Å². The number of aliphatic hydroxyl groups excluding tert-OH is 1. The van der Waals surface area contributed by atoms with E-state index in [0.717, 1.165) is 5.56 Å². The van der Waals surface area contributed by atoms with Crippen molar-refractivity contribution in [1.29, 1.82) is 0 Å². The second-order valence-corrected chi connectivity index (χ2v) is 5.03. The number of carboxylic acid groups (broad SMARTS) is 1. The van der Waals surface area contributed by atoms with Gasteiger partial charge in [0.2, 0.25) is 5.91 Å². The Morgan fingerprint density at radius 3 is 2.18 bits per heavy atom. The van der Waals surface area contributed by atoms with Crippen LogP contribution in [0.2, 0.25) is 0 Å². The van der Waals surface area contributed by atoms with E-state index in [1.807, 2.05) is 30.3 Å². The number of benzene rings is 2. The summed E-state index contributed by atoms with van der Waals surface area (Å²) < 4.78 is 0. The van der Waals surface area contributed by atoms with E-state index in [1.54, 1.807) is 18.2 Å². The third-order valence-corrected chi connectivity index (χ3v) is 3.56. The minimum absolute atomic E-state index is 0.226. The summed E-state index contributed by atoms with van der Waals surface area (Å²) in [6.45, 7) is 0. The van der Waals surface area contributed by atoms with Crippen LogP contribution in [0.5, 0.6) is 0 Å². The number of carbonyl (C=O) groups excluding carboxylic acids is 1. The molecule has 0 radical (unpaired) electrons. The summed E-state index contributed by atoms with van der Waals surface area (Å²) in [4.78, 5) is 22.8. The fourth-order valence-corrected chi connectivity index (χ4v) is 2.48. The molecular formula is C17H17NO4. The highest BCUT2D eigenvalue weighted by Crippen LogP contribution is 2.27. The molecule has 1 unspecified atom stereocenters. The Labute approximate surface area is 128 Å². The van der Waals surface area contributed by atoms with Crippen molar-refractivity contribution in [2.45, 2.75) is 18.4 Å². The quantitative estimate of drug-likeness (QED) is 0.753.